The van der Waals surface area contributed by atoms with Gasteiger partial charge in [0, 0.05) is 57.3 Å². The van der Waals surface area contributed by atoms with Crippen LogP contribution in [0, 0.1) is 11.3 Å². The number of carbonyl (C=O) groups is 1. The van der Waals surface area contributed by atoms with Crippen molar-refractivity contribution < 1.29 is 27.8 Å². The van der Waals surface area contributed by atoms with E-state index in [4.69, 9.17) is 9.47 Å². The number of hydrogen-bond acceptors (Lipinski definition) is 7. The number of fused-ring (bicyclic) bond motifs is 1. The molecule has 3 heterocycles. The van der Waals surface area contributed by atoms with Crippen LogP contribution in [0.5, 0.6) is 5.75 Å². The van der Waals surface area contributed by atoms with Crippen molar-refractivity contribution in [2.24, 2.45) is 11.3 Å². The lowest BCUT2D eigenvalue weighted by Gasteiger charge is -2.44. The minimum Gasteiger partial charge on any atom is -0.492 e. The van der Waals surface area contributed by atoms with Crippen molar-refractivity contribution in [1.82, 2.24) is 14.5 Å². The molecule has 5 rings (SSSR count). The van der Waals surface area contributed by atoms with Crippen LogP contribution in [0.2, 0.25) is 0 Å². The van der Waals surface area contributed by atoms with Crippen LogP contribution in [-0.4, -0.2) is 94.9 Å². The van der Waals surface area contributed by atoms with Crippen molar-refractivity contribution in [1.29, 1.82) is 0 Å². The molecule has 4 aliphatic rings. The number of likely N-dealkylation sites (N-methyl/N-ethyl adjacent to an activating group) is 1. The Morgan fingerprint density at radius 2 is 1.82 bits per heavy atom. The maximum absolute atomic E-state index is 13.2. The number of rotatable bonds is 2. The van der Waals surface area contributed by atoms with Gasteiger partial charge in [0.25, 0.3) is 0 Å². The highest BCUT2D eigenvalue weighted by molar-refractivity contribution is 7.89. The van der Waals surface area contributed by atoms with E-state index in [1.165, 1.54) is 12.8 Å². The van der Waals surface area contributed by atoms with Crippen LogP contribution in [0.1, 0.15) is 62.8 Å². The molecular formula is C28H43N3O6S. The first-order valence-corrected chi connectivity index (χ1v) is 15.7. The van der Waals surface area contributed by atoms with Crippen LogP contribution in [-0.2, 0) is 19.6 Å². The molecule has 2 saturated heterocycles. The highest BCUT2D eigenvalue weighted by Crippen LogP contribution is 2.39. The summed E-state index contributed by atoms with van der Waals surface area (Å²) in [6, 6.07) is 5.51. The lowest BCUT2D eigenvalue weighted by Crippen LogP contribution is -2.52. The second kappa shape index (κ2) is 11.8. The van der Waals surface area contributed by atoms with E-state index in [2.05, 4.69) is 9.62 Å². The molecule has 10 heteroatoms. The molecule has 1 unspecified atom stereocenters. The number of likely N-dealkylation sites (tertiary alicyclic amines) is 1. The zero-order chi connectivity index (χ0) is 26.8. The number of carbonyl (C=O) groups excluding carboxylic acids is 1. The average Bonchev–Trinajstić information content (AvgIpc) is 3.46. The summed E-state index contributed by atoms with van der Waals surface area (Å²) in [4.78, 5) is 17.3. The molecule has 0 aromatic heterocycles. The van der Waals surface area contributed by atoms with Crippen molar-refractivity contribution in [3.8, 4) is 5.75 Å². The number of β-amino-alcohol motifs (C(OH)–C–C–N with tert-alkyl or cyclic N) is 1. The van der Waals surface area contributed by atoms with Crippen molar-refractivity contribution >= 4 is 15.9 Å². The first-order chi connectivity index (χ1) is 18.2. The Balaban J connectivity index is 1.38. The van der Waals surface area contributed by atoms with Gasteiger partial charge >= 0.3 is 0 Å². The summed E-state index contributed by atoms with van der Waals surface area (Å²) in [7, 11) is -1.90. The number of sulfonamides is 1. The van der Waals surface area contributed by atoms with Crippen LogP contribution < -0.4 is 9.46 Å². The van der Waals surface area contributed by atoms with Crippen LogP contribution in [0.15, 0.2) is 23.1 Å². The number of aliphatic hydroxyl groups excluding tert-OH is 1. The summed E-state index contributed by atoms with van der Waals surface area (Å²) >= 11 is 0. The van der Waals surface area contributed by atoms with Gasteiger partial charge in [0.2, 0.25) is 15.9 Å². The number of ether oxygens (including phenoxy) is 2. The third-order valence-electron chi connectivity index (χ3n) is 8.96. The zero-order valence-electron chi connectivity index (χ0n) is 22.6. The molecule has 1 atom stereocenters. The predicted molar refractivity (Wildman–Crippen MR) is 144 cm³/mol. The molecule has 1 spiro atoms. The van der Waals surface area contributed by atoms with Crippen molar-refractivity contribution in [3.05, 3.63) is 23.8 Å². The van der Waals surface area contributed by atoms with E-state index in [-0.39, 0.29) is 28.7 Å². The van der Waals surface area contributed by atoms with E-state index in [9.17, 15) is 18.3 Å². The SMILES string of the molecule is CN1CC(O)CNS(=O)(=O)c2ccc(C3CCCC3)cc2OCC2(CCN(C(=O)C3CCOCC3)CC2)C1. The average molecular weight is 550 g/mol. The molecule has 212 valence electrons. The minimum atomic E-state index is -3.85. The molecule has 0 radical (unpaired) electrons. The number of piperidine rings is 1. The zero-order valence-corrected chi connectivity index (χ0v) is 23.4. The van der Waals surface area contributed by atoms with E-state index in [0.717, 1.165) is 44.1 Å². The monoisotopic (exact) mass is 549 g/mol. The standard InChI is InChI=1S/C28H43N3O6S/c1-30-18-24(32)17-29-38(34,35)26-7-6-23(21-4-2-3-5-21)16-25(26)37-20-28(19-30)10-12-31(13-11-28)27(33)22-8-14-36-15-9-22/h6-7,16,21-22,24,29,32H,2-5,8-15,17-20H2,1H3. The largest absolute Gasteiger partial charge is 0.492 e. The summed E-state index contributed by atoms with van der Waals surface area (Å²) in [6.07, 6.45) is 6.89. The number of nitrogens with one attached hydrogen (secondary N) is 1. The molecule has 2 N–H and O–H groups in total. The quantitative estimate of drug-likeness (QED) is 0.583. The van der Waals surface area contributed by atoms with Crippen molar-refractivity contribution in [2.75, 3.05) is 59.6 Å². The summed E-state index contributed by atoms with van der Waals surface area (Å²) in [5.41, 5.74) is 0.879. The van der Waals surface area contributed by atoms with Crippen LogP contribution in [0.4, 0.5) is 0 Å². The minimum absolute atomic E-state index is 0.0433. The van der Waals surface area contributed by atoms with E-state index in [1.807, 2.05) is 24.1 Å². The number of amides is 1. The molecule has 0 bridgehead atoms. The number of nitrogens with zero attached hydrogens (tertiary/aromatic N) is 2. The van der Waals surface area contributed by atoms with Crippen LogP contribution in [0.25, 0.3) is 0 Å². The van der Waals surface area contributed by atoms with Gasteiger partial charge in [-0.25, -0.2) is 13.1 Å². The van der Waals surface area contributed by atoms with E-state index < -0.39 is 16.1 Å². The van der Waals surface area contributed by atoms with Gasteiger partial charge < -0.3 is 24.4 Å². The van der Waals surface area contributed by atoms with Gasteiger partial charge in [-0.3, -0.25) is 4.79 Å². The molecule has 1 aromatic carbocycles. The summed E-state index contributed by atoms with van der Waals surface area (Å²) in [5, 5.41) is 10.6. The Morgan fingerprint density at radius 1 is 1.11 bits per heavy atom. The lowest BCUT2D eigenvalue weighted by molar-refractivity contribution is -0.141. The van der Waals surface area contributed by atoms with Crippen LogP contribution in [0.3, 0.4) is 0 Å². The van der Waals surface area contributed by atoms with Crippen LogP contribution >= 0.6 is 0 Å². The third kappa shape index (κ3) is 6.36. The molecule has 1 aliphatic carbocycles. The summed E-state index contributed by atoms with van der Waals surface area (Å²) in [5.74, 6) is 1.09. The van der Waals surface area contributed by atoms with Gasteiger partial charge in [-0.15, -0.1) is 0 Å². The molecule has 1 amide bonds. The van der Waals surface area contributed by atoms with E-state index in [1.54, 1.807) is 6.07 Å². The lowest BCUT2D eigenvalue weighted by atomic mass is 9.78. The number of aliphatic hydroxyl groups is 1. The summed E-state index contributed by atoms with van der Waals surface area (Å²) < 4.78 is 40.9. The molecule has 9 nitrogen and oxygen atoms in total. The number of hydrogen-bond donors (Lipinski definition) is 2. The second-order valence-corrected chi connectivity index (χ2v) is 13.6. The van der Waals surface area contributed by atoms with Gasteiger partial charge in [0.05, 0.1) is 12.7 Å². The fourth-order valence-electron chi connectivity index (χ4n) is 6.70. The van der Waals surface area contributed by atoms with Gasteiger partial charge in [-0.05, 0) is 69.2 Å². The van der Waals surface area contributed by atoms with Gasteiger partial charge in [0.1, 0.15) is 10.6 Å². The smallest absolute Gasteiger partial charge is 0.244 e. The Labute approximate surface area is 226 Å². The third-order valence-corrected chi connectivity index (χ3v) is 10.4. The Morgan fingerprint density at radius 3 is 2.53 bits per heavy atom. The van der Waals surface area contributed by atoms with Crippen molar-refractivity contribution in [3.63, 3.8) is 0 Å². The molecule has 3 aliphatic heterocycles. The molecule has 1 saturated carbocycles. The predicted octanol–water partition coefficient (Wildman–Crippen LogP) is 2.34. The fraction of sp³-hybridized carbons (Fsp3) is 0.750. The number of benzene rings is 1. The van der Waals surface area contributed by atoms with E-state index >= 15 is 0 Å². The molecule has 38 heavy (non-hydrogen) atoms. The molecule has 1 aromatic rings. The van der Waals surface area contributed by atoms with Gasteiger partial charge in [-0.1, -0.05) is 18.9 Å². The topological polar surface area (TPSA) is 108 Å². The van der Waals surface area contributed by atoms with Gasteiger partial charge in [-0.2, -0.15) is 0 Å². The Kier molecular flexibility index (Phi) is 8.64. The normalized spacial score (nSPS) is 27.7. The van der Waals surface area contributed by atoms with Crippen molar-refractivity contribution in [2.45, 2.75) is 68.3 Å². The Hall–Kier alpha value is -1.72. The first-order valence-electron chi connectivity index (χ1n) is 14.2. The fourth-order valence-corrected chi connectivity index (χ4v) is 7.90. The van der Waals surface area contributed by atoms with E-state index in [0.29, 0.717) is 57.7 Å². The second-order valence-electron chi connectivity index (χ2n) is 11.9. The van der Waals surface area contributed by atoms with Gasteiger partial charge in [0.15, 0.2) is 0 Å². The Bertz CT molecular complexity index is 1080. The highest BCUT2D eigenvalue weighted by atomic mass is 32.2. The maximum Gasteiger partial charge on any atom is 0.244 e. The molecule has 3 fully saturated rings. The molecular weight excluding hydrogens is 506 g/mol. The highest BCUT2D eigenvalue weighted by Gasteiger charge is 2.40. The maximum atomic E-state index is 13.2. The first kappa shape index (κ1) is 27.8. The summed E-state index contributed by atoms with van der Waals surface area (Å²) in [6.45, 7) is 3.97.